The summed E-state index contributed by atoms with van der Waals surface area (Å²) in [6.45, 7) is 3.54. The predicted octanol–water partition coefficient (Wildman–Crippen LogP) is 2.29. The molecule has 1 rings (SSSR count). The molecule has 0 radical (unpaired) electrons. The average Bonchev–Trinajstić information content (AvgIpc) is 2.34. The fraction of sp³-hybridized carbons (Fsp3) is 0.462. The highest BCUT2D eigenvalue weighted by atomic mass is 16.5. The first-order chi connectivity index (χ1) is 8.12. The number of nitrogens with one attached hydrogen (secondary N) is 1. The summed E-state index contributed by atoms with van der Waals surface area (Å²) in [5.41, 5.74) is 1.01. The molecule has 0 aliphatic rings. The number of carbonyl (C=O) groups is 1. The van der Waals surface area contributed by atoms with Crippen LogP contribution in [0.5, 0.6) is 11.5 Å². The van der Waals surface area contributed by atoms with E-state index in [1.54, 1.807) is 14.2 Å². The molecule has 1 aromatic rings. The summed E-state index contributed by atoms with van der Waals surface area (Å²) in [7, 11) is 3.20. The maximum absolute atomic E-state index is 11.1. The Morgan fingerprint density at radius 2 is 1.94 bits per heavy atom. The molecular weight excluding hydrogens is 218 g/mol. The molecule has 1 unspecified atom stereocenters. The average molecular weight is 237 g/mol. The molecule has 0 saturated heterocycles. The van der Waals surface area contributed by atoms with Crippen LogP contribution in [0.1, 0.15) is 31.9 Å². The van der Waals surface area contributed by atoms with E-state index in [9.17, 15) is 4.79 Å². The third kappa shape index (κ3) is 3.37. The number of hydrogen-bond donors (Lipinski definition) is 1. The molecule has 1 aromatic carbocycles. The number of carbonyl (C=O) groups excluding carboxylic acids is 1. The molecule has 1 amide bonds. The topological polar surface area (TPSA) is 47.6 Å². The summed E-state index contributed by atoms with van der Waals surface area (Å²) in [6.07, 6.45) is 0.828. The maximum atomic E-state index is 11.1. The molecule has 0 aromatic heterocycles. The fourth-order valence-corrected chi connectivity index (χ4v) is 1.74. The standard InChI is InChI=1S/C13H19NO3/c1-5-11(14-9(2)15)10-6-7-12(16-3)13(8-10)17-4/h6-8,11H,5H2,1-4H3,(H,14,15). The van der Waals surface area contributed by atoms with Gasteiger partial charge < -0.3 is 14.8 Å². The number of methoxy groups -OCH3 is 2. The van der Waals surface area contributed by atoms with Gasteiger partial charge in [0.1, 0.15) is 0 Å². The summed E-state index contributed by atoms with van der Waals surface area (Å²) >= 11 is 0. The quantitative estimate of drug-likeness (QED) is 0.854. The van der Waals surface area contributed by atoms with Crippen LogP contribution in [0.15, 0.2) is 18.2 Å². The zero-order valence-electron chi connectivity index (χ0n) is 10.7. The van der Waals surface area contributed by atoms with Gasteiger partial charge in [0, 0.05) is 6.92 Å². The zero-order valence-corrected chi connectivity index (χ0v) is 10.7. The highest BCUT2D eigenvalue weighted by Crippen LogP contribution is 2.30. The van der Waals surface area contributed by atoms with E-state index in [1.807, 2.05) is 25.1 Å². The first-order valence-corrected chi connectivity index (χ1v) is 5.61. The van der Waals surface area contributed by atoms with E-state index in [4.69, 9.17) is 9.47 Å². The Hall–Kier alpha value is -1.71. The molecule has 1 N–H and O–H groups in total. The van der Waals surface area contributed by atoms with Crippen LogP contribution in [0.3, 0.4) is 0 Å². The molecular formula is C13H19NO3. The first kappa shape index (κ1) is 13.4. The third-order valence-electron chi connectivity index (χ3n) is 2.60. The van der Waals surface area contributed by atoms with Crippen molar-refractivity contribution in [2.24, 2.45) is 0 Å². The van der Waals surface area contributed by atoms with Crippen LogP contribution in [0.4, 0.5) is 0 Å². The van der Waals surface area contributed by atoms with Crippen LogP contribution in [0.2, 0.25) is 0 Å². The van der Waals surface area contributed by atoms with Crippen LogP contribution in [0, 0.1) is 0 Å². The van der Waals surface area contributed by atoms with Crippen molar-refractivity contribution >= 4 is 5.91 Å². The van der Waals surface area contributed by atoms with Gasteiger partial charge in [-0.15, -0.1) is 0 Å². The van der Waals surface area contributed by atoms with E-state index in [0.29, 0.717) is 11.5 Å². The molecule has 0 aliphatic carbocycles. The van der Waals surface area contributed by atoms with Crippen molar-refractivity contribution < 1.29 is 14.3 Å². The fourth-order valence-electron chi connectivity index (χ4n) is 1.74. The lowest BCUT2D eigenvalue weighted by molar-refractivity contribution is -0.119. The van der Waals surface area contributed by atoms with Gasteiger partial charge >= 0.3 is 0 Å². The first-order valence-electron chi connectivity index (χ1n) is 5.61. The summed E-state index contributed by atoms with van der Waals surface area (Å²) in [4.78, 5) is 11.1. The summed E-state index contributed by atoms with van der Waals surface area (Å²) < 4.78 is 10.4. The molecule has 0 fully saturated rings. The van der Waals surface area contributed by atoms with Crippen molar-refractivity contribution in [1.82, 2.24) is 5.32 Å². The SMILES string of the molecule is CCC(NC(C)=O)c1ccc(OC)c(OC)c1. The van der Waals surface area contributed by atoms with Crippen LogP contribution in [-0.4, -0.2) is 20.1 Å². The van der Waals surface area contributed by atoms with E-state index < -0.39 is 0 Å². The van der Waals surface area contributed by atoms with Crippen molar-refractivity contribution in [1.29, 1.82) is 0 Å². The molecule has 4 nitrogen and oxygen atoms in total. The maximum Gasteiger partial charge on any atom is 0.217 e. The zero-order chi connectivity index (χ0) is 12.8. The van der Waals surface area contributed by atoms with Gasteiger partial charge in [0.2, 0.25) is 5.91 Å². The second kappa shape index (κ2) is 6.13. The van der Waals surface area contributed by atoms with Crippen molar-refractivity contribution in [2.45, 2.75) is 26.3 Å². The summed E-state index contributed by atoms with van der Waals surface area (Å²) in [5, 5.41) is 2.90. The minimum absolute atomic E-state index is 0.00676. The van der Waals surface area contributed by atoms with E-state index in [2.05, 4.69) is 5.32 Å². The molecule has 0 spiro atoms. The van der Waals surface area contributed by atoms with Crippen molar-refractivity contribution in [3.05, 3.63) is 23.8 Å². The summed E-state index contributed by atoms with van der Waals surface area (Å²) in [6, 6.07) is 5.68. The lowest BCUT2D eigenvalue weighted by Crippen LogP contribution is -2.25. The van der Waals surface area contributed by atoms with Crippen molar-refractivity contribution in [3.8, 4) is 11.5 Å². The molecule has 4 heteroatoms. The van der Waals surface area contributed by atoms with Crippen LogP contribution < -0.4 is 14.8 Å². The van der Waals surface area contributed by atoms with Gasteiger partial charge in [-0.05, 0) is 24.1 Å². The van der Waals surface area contributed by atoms with Gasteiger partial charge in [-0.2, -0.15) is 0 Å². The molecule has 0 heterocycles. The van der Waals surface area contributed by atoms with Gasteiger partial charge in [-0.3, -0.25) is 4.79 Å². The molecule has 1 atom stereocenters. The minimum Gasteiger partial charge on any atom is -0.493 e. The highest BCUT2D eigenvalue weighted by molar-refractivity contribution is 5.73. The Kier molecular flexibility index (Phi) is 4.82. The van der Waals surface area contributed by atoms with Crippen LogP contribution >= 0.6 is 0 Å². The van der Waals surface area contributed by atoms with E-state index in [0.717, 1.165) is 12.0 Å². The molecule has 17 heavy (non-hydrogen) atoms. The van der Waals surface area contributed by atoms with Gasteiger partial charge in [-0.1, -0.05) is 13.0 Å². The Morgan fingerprint density at radius 3 is 2.41 bits per heavy atom. The predicted molar refractivity (Wildman–Crippen MR) is 66.4 cm³/mol. The number of benzene rings is 1. The van der Waals surface area contributed by atoms with Gasteiger partial charge in [0.25, 0.3) is 0 Å². The number of ether oxygens (including phenoxy) is 2. The number of rotatable bonds is 5. The Bertz CT molecular complexity index is 390. The van der Waals surface area contributed by atoms with Crippen molar-refractivity contribution in [2.75, 3.05) is 14.2 Å². The minimum atomic E-state index is -0.0355. The molecule has 0 saturated carbocycles. The highest BCUT2D eigenvalue weighted by Gasteiger charge is 2.13. The second-order valence-corrected chi connectivity index (χ2v) is 3.78. The van der Waals surface area contributed by atoms with Crippen LogP contribution in [0.25, 0.3) is 0 Å². The number of amides is 1. The Labute approximate surface area is 102 Å². The summed E-state index contributed by atoms with van der Waals surface area (Å²) in [5.74, 6) is 1.33. The number of hydrogen-bond acceptors (Lipinski definition) is 3. The Morgan fingerprint density at radius 1 is 1.29 bits per heavy atom. The largest absolute Gasteiger partial charge is 0.493 e. The second-order valence-electron chi connectivity index (χ2n) is 3.78. The van der Waals surface area contributed by atoms with Gasteiger partial charge in [0.05, 0.1) is 20.3 Å². The normalized spacial score (nSPS) is 11.8. The van der Waals surface area contributed by atoms with E-state index in [1.165, 1.54) is 6.92 Å². The van der Waals surface area contributed by atoms with Crippen LogP contribution in [-0.2, 0) is 4.79 Å². The van der Waals surface area contributed by atoms with E-state index >= 15 is 0 Å². The van der Waals surface area contributed by atoms with Gasteiger partial charge in [0.15, 0.2) is 11.5 Å². The molecule has 0 bridgehead atoms. The monoisotopic (exact) mass is 237 g/mol. The third-order valence-corrected chi connectivity index (χ3v) is 2.60. The molecule has 0 aliphatic heterocycles. The Balaban J connectivity index is 3.00. The van der Waals surface area contributed by atoms with Gasteiger partial charge in [-0.25, -0.2) is 0 Å². The van der Waals surface area contributed by atoms with Crippen molar-refractivity contribution in [3.63, 3.8) is 0 Å². The lowest BCUT2D eigenvalue weighted by Gasteiger charge is -2.18. The van der Waals surface area contributed by atoms with E-state index in [-0.39, 0.29) is 11.9 Å². The lowest BCUT2D eigenvalue weighted by atomic mass is 10.0. The smallest absolute Gasteiger partial charge is 0.217 e. The molecule has 94 valence electrons.